The Kier molecular flexibility index (Phi) is 2.31. The van der Waals surface area contributed by atoms with Crippen molar-refractivity contribution in [3.05, 3.63) is 23.8 Å². The number of aliphatic hydroxyl groups is 1. The Morgan fingerprint density at radius 1 is 1.54 bits per heavy atom. The smallest absolute Gasteiger partial charge is 0.335 e. The van der Waals surface area contributed by atoms with Crippen LogP contribution in [0, 0.1) is 0 Å². The summed E-state index contributed by atoms with van der Waals surface area (Å²) in [4.78, 5) is 21.5. The molecule has 0 aromatic heterocycles. The van der Waals surface area contributed by atoms with Crippen molar-refractivity contribution in [1.82, 2.24) is 0 Å². The number of hydrogen-bond acceptors (Lipinski definition) is 4. The number of ketones is 1. The summed E-state index contributed by atoms with van der Waals surface area (Å²) in [6.45, 7) is 0. The van der Waals surface area contributed by atoms with E-state index >= 15 is 0 Å². The first-order valence-corrected chi connectivity index (χ1v) is 3.46. The molecule has 0 radical (unpaired) electrons. The highest BCUT2D eigenvalue weighted by molar-refractivity contribution is 6.03. The Bertz CT molecular complexity index is 314. The zero-order valence-electron chi connectivity index (χ0n) is 6.85. The first-order chi connectivity index (χ1) is 5.99. The van der Waals surface area contributed by atoms with Crippen molar-refractivity contribution in [2.45, 2.75) is 5.79 Å². The Morgan fingerprint density at radius 3 is 2.62 bits per heavy atom. The molecule has 0 aromatic carbocycles. The molecule has 0 saturated carbocycles. The summed E-state index contributed by atoms with van der Waals surface area (Å²) < 4.78 is 4.49. The molecular weight excluding hydrogens is 176 g/mol. The molecular formula is C8H8O5. The lowest BCUT2D eigenvalue weighted by atomic mass is 10.0. The van der Waals surface area contributed by atoms with Gasteiger partial charge in [0, 0.05) is 7.11 Å². The number of carbonyl (C=O) groups excluding carboxylic acids is 1. The zero-order chi connectivity index (χ0) is 10.1. The maximum absolute atomic E-state index is 11.0. The van der Waals surface area contributed by atoms with E-state index < -0.39 is 17.5 Å². The van der Waals surface area contributed by atoms with Gasteiger partial charge in [0.15, 0.2) is 0 Å². The van der Waals surface area contributed by atoms with E-state index in [0.717, 1.165) is 25.3 Å². The van der Waals surface area contributed by atoms with Gasteiger partial charge in [-0.25, -0.2) is 4.79 Å². The zero-order valence-corrected chi connectivity index (χ0v) is 6.85. The summed E-state index contributed by atoms with van der Waals surface area (Å²) >= 11 is 0. The highest BCUT2D eigenvalue weighted by Gasteiger charge is 2.35. The van der Waals surface area contributed by atoms with Crippen LogP contribution in [0.2, 0.25) is 0 Å². The van der Waals surface area contributed by atoms with Gasteiger partial charge in [-0.1, -0.05) is 0 Å². The molecule has 13 heavy (non-hydrogen) atoms. The Hall–Kier alpha value is -1.46. The predicted molar refractivity (Wildman–Crippen MR) is 41.8 cm³/mol. The molecule has 1 atom stereocenters. The summed E-state index contributed by atoms with van der Waals surface area (Å²) in [7, 11) is 1.12. The van der Waals surface area contributed by atoms with Gasteiger partial charge < -0.3 is 14.9 Å². The van der Waals surface area contributed by atoms with Gasteiger partial charge in [-0.3, -0.25) is 4.79 Å². The van der Waals surface area contributed by atoms with Gasteiger partial charge in [0.25, 0.3) is 5.79 Å². The summed E-state index contributed by atoms with van der Waals surface area (Å²) in [5.74, 6) is -4.05. The van der Waals surface area contributed by atoms with Crippen LogP contribution < -0.4 is 0 Å². The third-order valence-corrected chi connectivity index (χ3v) is 1.68. The molecule has 1 rings (SSSR count). The maximum atomic E-state index is 11.0. The van der Waals surface area contributed by atoms with E-state index in [4.69, 9.17) is 5.11 Å². The number of hydrogen-bond donors (Lipinski definition) is 2. The number of ether oxygens (including phenoxy) is 1. The van der Waals surface area contributed by atoms with Crippen LogP contribution in [-0.2, 0) is 14.3 Å². The van der Waals surface area contributed by atoms with Crippen LogP contribution in [0.3, 0.4) is 0 Å². The van der Waals surface area contributed by atoms with Gasteiger partial charge in [0.2, 0.25) is 5.78 Å². The van der Waals surface area contributed by atoms with E-state index in [9.17, 15) is 14.7 Å². The SMILES string of the molecule is COC1(O)C=C(C(=O)O)C=CC1=O. The predicted octanol–water partition coefficient (Wildman–Crippen LogP) is -0.529. The van der Waals surface area contributed by atoms with Gasteiger partial charge in [-0.05, 0) is 18.2 Å². The van der Waals surface area contributed by atoms with Gasteiger partial charge in [0.1, 0.15) is 0 Å². The minimum Gasteiger partial charge on any atom is -0.478 e. The van der Waals surface area contributed by atoms with Gasteiger partial charge in [0.05, 0.1) is 5.57 Å². The van der Waals surface area contributed by atoms with Crippen molar-refractivity contribution in [2.75, 3.05) is 7.11 Å². The Morgan fingerprint density at radius 2 is 2.15 bits per heavy atom. The monoisotopic (exact) mass is 184 g/mol. The Balaban J connectivity index is 3.07. The molecule has 0 aliphatic heterocycles. The minimum absolute atomic E-state index is 0.177. The fraction of sp³-hybridized carbons (Fsp3) is 0.250. The summed E-state index contributed by atoms with van der Waals surface area (Å²) in [5.41, 5.74) is -0.177. The summed E-state index contributed by atoms with van der Waals surface area (Å²) in [6.07, 6.45) is 2.93. The lowest BCUT2D eigenvalue weighted by molar-refractivity contribution is -0.170. The highest BCUT2D eigenvalue weighted by atomic mass is 16.6. The van der Waals surface area contributed by atoms with Crippen LogP contribution in [0.4, 0.5) is 0 Å². The minimum atomic E-state index is -2.14. The van der Waals surface area contributed by atoms with E-state index in [1.165, 1.54) is 0 Å². The summed E-state index contributed by atoms with van der Waals surface area (Å²) in [5, 5.41) is 18.0. The fourth-order valence-corrected chi connectivity index (χ4v) is 0.907. The molecule has 0 bridgehead atoms. The molecule has 0 saturated heterocycles. The van der Waals surface area contributed by atoms with E-state index in [2.05, 4.69) is 4.74 Å². The van der Waals surface area contributed by atoms with Crippen molar-refractivity contribution in [3.63, 3.8) is 0 Å². The molecule has 1 unspecified atom stereocenters. The average molecular weight is 184 g/mol. The van der Waals surface area contributed by atoms with Crippen LogP contribution in [0.1, 0.15) is 0 Å². The molecule has 5 heteroatoms. The van der Waals surface area contributed by atoms with Gasteiger partial charge in [-0.2, -0.15) is 0 Å². The van der Waals surface area contributed by atoms with Gasteiger partial charge in [-0.15, -0.1) is 0 Å². The largest absolute Gasteiger partial charge is 0.478 e. The van der Waals surface area contributed by atoms with E-state index in [1.807, 2.05) is 0 Å². The lowest BCUT2D eigenvalue weighted by Crippen LogP contribution is -2.39. The summed E-state index contributed by atoms with van der Waals surface area (Å²) in [6, 6.07) is 0. The molecule has 0 amide bonds. The number of aliphatic carboxylic acids is 1. The van der Waals surface area contributed by atoms with Crippen molar-refractivity contribution < 1.29 is 24.5 Å². The molecule has 70 valence electrons. The third-order valence-electron chi connectivity index (χ3n) is 1.68. The number of methoxy groups -OCH3 is 1. The molecule has 1 aliphatic rings. The molecule has 5 nitrogen and oxygen atoms in total. The normalized spacial score (nSPS) is 27.2. The second-order valence-electron chi connectivity index (χ2n) is 2.50. The van der Waals surface area contributed by atoms with E-state index in [-0.39, 0.29) is 5.57 Å². The fourth-order valence-electron chi connectivity index (χ4n) is 0.907. The number of carboxylic acids is 1. The van der Waals surface area contributed by atoms with Crippen LogP contribution >= 0.6 is 0 Å². The second kappa shape index (κ2) is 3.12. The second-order valence-corrected chi connectivity index (χ2v) is 2.50. The molecule has 0 heterocycles. The van der Waals surface area contributed by atoms with Crippen LogP contribution in [-0.4, -0.2) is 34.9 Å². The maximum Gasteiger partial charge on any atom is 0.335 e. The molecule has 0 fully saturated rings. The quantitative estimate of drug-likeness (QED) is 0.563. The Labute approximate surface area is 73.9 Å². The molecule has 0 aromatic rings. The lowest BCUT2D eigenvalue weighted by Gasteiger charge is -2.22. The standard InChI is InChI=1S/C8H8O5/c1-13-8(12)4-5(7(10)11)2-3-6(8)9/h2-4,12H,1H3,(H,10,11). The van der Waals surface area contributed by atoms with Crippen LogP contribution in [0.5, 0.6) is 0 Å². The average Bonchev–Trinajstić information content (AvgIpc) is 2.09. The van der Waals surface area contributed by atoms with Crippen molar-refractivity contribution in [3.8, 4) is 0 Å². The van der Waals surface area contributed by atoms with Crippen molar-refractivity contribution >= 4 is 11.8 Å². The molecule has 1 aliphatic carbocycles. The first-order valence-electron chi connectivity index (χ1n) is 3.46. The first kappa shape index (κ1) is 9.63. The number of carboxylic acid groups (broad SMARTS) is 1. The highest BCUT2D eigenvalue weighted by Crippen LogP contribution is 2.18. The third kappa shape index (κ3) is 1.66. The van der Waals surface area contributed by atoms with Gasteiger partial charge >= 0.3 is 5.97 Å². The van der Waals surface area contributed by atoms with Crippen molar-refractivity contribution in [2.24, 2.45) is 0 Å². The van der Waals surface area contributed by atoms with Crippen molar-refractivity contribution in [1.29, 1.82) is 0 Å². The van der Waals surface area contributed by atoms with E-state index in [0.29, 0.717) is 0 Å². The topological polar surface area (TPSA) is 83.8 Å². The molecule has 2 N–H and O–H groups in total. The van der Waals surface area contributed by atoms with Crippen LogP contribution in [0.25, 0.3) is 0 Å². The van der Waals surface area contributed by atoms with E-state index in [1.54, 1.807) is 0 Å². The molecule has 0 spiro atoms. The number of rotatable bonds is 2. The number of carbonyl (C=O) groups is 2. The van der Waals surface area contributed by atoms with Crippen LogP contribution in [0.15, 0.2) is 23.8 Å².